The average molecular weight is 339 g/mol. The number of hydrogen-bond acceptors (Lipinski definition) is 3. The number of alkyl halides is 3. The Labute approximate surface area is 115 Å². The molecule has 0 atom stereocenters. The lowest BCUT2D eigenvalue weighted by Crippen LogP contribution is -2.35. The van der Waals surface area contributed by atoms with Gasteiger partial charge >= 0.3 is 6.18 Å². The van der Waals surface area contributed by atoms with Gasteiger partial charge in [-0.25, -0.2) is 0 Å². The van der Waals surface area contributed by atoms with E-state index in [9.17, 15) is 18.0 Å². The molecule has 19 heavy (non-hydrogen) atoms. The summed E-state index contributed by atoms with van der Waals surface area (Å²) in [5, 5.41) is 5.13. The van der Waals surface area contributed by atoms with E-state index >= 15 is 0 Å². The van der Waals surface area contributed by atoms with Crippen LogP contribution in [0.1, 0.15) is 5.56 Å². The fraction of sp³-hybridized carbons (Fsp3) is 0.273. The molecule has 0 aliphatic heterocycles. The van der Waals surface area contributed by atoms with E-state index in [0.29, 0.717) is 0 Å². The molecule has 4 nitrogen and oxygen atoms in total. The van der Waals surface area contributed by atoms with Gasteiger partial charge in [0.2, 0.25) is 0 Å². The Kier molecular flexibility index (Phi) is 5.81. The van der Waals surface area contributed by atoms with Gasteiger partial charge in [0.25, 0.3) is 5.91 Å². The minimum atomic E-state index is -4.43. The molecule has 0 bridgehead atoms. The molecule has 1 amide bonds. The predicted molar refractivity (Wildman–Crippen MR) is 66.8 cm³/mol. The maximum absolute atomic E-state index is 11.8. The monoisotopic (exact) mass is 338 g/mol. The zero-order chi connectivity index (χ0) is 14.3. The number of carbonyl (C=O) groups is 1. The van der Waals surface area contributed by atoms with Crippen LogP contribution in [-0.4, -0.2) is 31.4 Å². The van der Waals surface area contributed by atoms with Crippen molar-refractivity contribution in [2.45, 2.75) is 6.18 Å². The van der Waals surface area contributed by atoms with Gasteiger partial charge in [-0.05, 0) is 17.7 Å². The Morgan fingerprint density at radius 3 is 2.58 bits per heavy atom. The van der Waals surface area contributed by atoms with Crippen molar-refractivity contribution in [3.8, 4) is 0 Å². The predicted octanol–water partition coefficient (Wildman–Crippen LogP) is 2.48. The first-order valence-corrected chi connectivity index (χ1v) is 5.90. The van der Waals surface area contributed by atoms with Crippen LogP contribution in [0, 0.1) is 0 Å². The highest BCUT2D eigenvalue weighted by atomic mass is 79.9. The fourth-order valence-corrected chi connectivity index (χ4v) is 1.26. The van der Waals surface area contributed by atoms with Crippen LogP contribution in [0.15, 0.2) is 33.9 Å². The summed E-state index contributed by atoms with van der Waals surface area (Å²) < 4.78 is 36.2. The van der Waals surface area contributed by atoms with E-state index in [0.717, 1.165) is 10.0 Å². The van der Waals surface area contributed by atoms with Gasteiger partial charge in [0, 0.05) is 4.47 Å². The molecule has 1 rings (SSSR count). The number of oxime groups is 1. The Morgan fingerprint density at radius 1 is 1.37 bits per heavy atom. The molecule has 104 valence electrons. The Balaban J connectivity index is 2.26. The van der Waals surface area contributed by atoms with E-state index < -0.39 is 25.2 Å². The average Bonchev–Trinajstić information content (AvgIpc) is 2.33. The molecule has 0 radical (unpaired) electrons. The third kappa shape index (κ3) is 7.45. The Bertz CT molecular complexity index is 446. The minimum absolute atomic E-state index is 0.566. The quantitative estimate of drug-likeness (QED) is 0.662. The van der Waals surface area contributed by atoms with Gasteiger partial charge in [-0.3, -0.25) is 4.79 Å². The molecule has 1 aromatic rings. The summed E-state index contributed by atoms with van der Waals surface area (Å²) in [4.78, 5) is 15.5. The summed E-state index contributed by atoms with van der Waals surface area (Å²) in [5.74, 6) is -0.884. The zero-order valence-corrected chi connectivity index (χ0v) is 11.2. The number of rotatable bonds is 5. The topological polar surface area (TPSA) is 50.7 Å². The van der Waals surface area contributed by atoms with Gasteiger partial charge in [-0.1, -0.05) is 33.2 Å². The number of halogens is 4. The maximum atomic E-state index is 11.8. The van der Waals surface area contributed by atoms with Crippen LogP contribution in [0.25, 0.3) is 0 Å². The van der Waals surface area contributed by atoms with Crippen molar-refractivity contribution in [2.24, 2.45) is 5.16 Å². The third-order valence-corrected chi connectivity index (χ3v) is 2.36. The highest BCUT2D eigenvalue weighted by Crippen LogP contribution is 2.12. The van der Waals surface area contributed by atoms with Crippen molar-refractivity contribution in [3.05, 3.63) is 34.3 Å². The third-order valence-electron chi connectivity index (χ3n) is 1.83. The smallest absolute Gasteiger partial charge is 0.386 e. The van der Waals surface area contributed by atoms with Gasteiger partial charge < -0.3 is 10.2 Å². The molecular formula is C11H10BrF3N2O2. The molecule has 0 aliphatic carbocycles. The van der Waals surface area contributed by atoms with Crippen molar-refractivity contribution in [3.63, 3.8) is 0 Å². The van der Waals surface area contributed by atoms with Gasteiger partial charge in [0.15, 0.2) is 6.61 Å². The second-order valence-electron chi connectivity index (χ2n) is 3.45. The summed E-state index contributed by atoms with van der Waals surface area (Å²) >= 11 is 3.26. The van der Waals surface area contributed by atoms with Gasteiger partial charge in [0.05, 0.1) is 6.21 Å². The Morgan fingerprint density at radius 2 is 2.00 bits per heavy atom. The lowest BCUT2D eigenvalue weighted by atomic mass is 10.2. The molecule has 0 saturated carbocycles. The minimum Gasteiger partial charge on any atom is -0.386 e. The maximum Gasteiger partial charge on any atom is 0.405 e. The van der Waals surface area contributed by atoms with Gasteiger partial charge in [-0.15, -0.1) is 0 Å². The molecular weight excluding hydrogens is 329 g/mol. The highest BCUT2D eigenvalue weighted by Gasteiger charge is 2.27. The number of nitrogens with one attached hydrogen (secondary N) is 1. The lowest BCUT2D eigenvalue weighted by Gasteiger charge is -2.07. The van der Waals surface area contributed by atoms with E-state index in [2.05, 4.69) is 25.9 Å². The van der Waals surface area contributed by atoms with Crippen LogP contribution in [-0.2, 0) is 9.63 Å². The molecule has 0 heterocycles. The fourth-order valence-electron chi connectivity index (χ4n) is 0.993. The highest BCUT2D eigenvalue weighted by molar-refractivity contribution is 9.10. The molecule has 1 N–H and O–H groups in total. The van der Waals surface area contributed by atoms with Crippen molar-refractivity contribution in [1.82, 2.24) is 5.32 Å². The summed E-state index contributed by atoms with van der Waals surface area (Å²) in [7, 11) is 0. The first-order chi connectivity index (χ1) is 8.87. The van der Waals surface area contributed by atoms with Crippen LogP contribution in [0.3, 0.4) is 0 Å². The second kappa shape index (κ2) is 7.13. The molecule has 0 unspecified atom stereocenters. The summed E-state index contributed by atoms with van der Waals surface area (Å²) in [6.45, 7) is -1.95. The number of benzene rings is 1. The van der Waals surface area contributed by atoms with E-state index in [1.807, 2.05) is 0 Å². The van der Waals surface area contributed by atoms with Crippen LogP contribution >= 0.6 is 15.9 Å². The van der Waals surface area contributed by atoms with Gasteiger partial charge in [-0.2, -0.15) is 13.2 Å². The summed E-state index contributed by atoms with van der Waals surface area (Å²) in [6, 6.07) is 7.08. The van der Waals surface area contributed by atoms with Crippen molar-refractivity contribution < 1.29 is 22.8 Å². The van der Waals surface area contributed by atoms with Crippen LogP contribution in [0.5, 0.6) is 0 Å². The van der Waals surface area contributed by atoms with E-state index in [-0.39, 0.29) is 0 Å². The van der Waals surface area contributed by atoms with Crippen LogP contribution < -0.4 is 5.32 Å². The number of nitrogens with zero attached hydrogens (tertiary/aromatic N) is 1. The molecule has 8 heteroatoms. The zero-order valence-electron chi connectivity index (χ0n) is 9.58. The molecule has 0 aromatic heterocycles. The lowest BCUT2D eigenvalue weighted by molar-refractivity contribution is -0.141. The molecule has 1 aromatic carbocycles. The first-order valence-electron chi connectivity index (χ1n) is 5.11. The standard InChI is InChI=1S/C11H10BrF3N2O2/c12-9-3-1-8(2-4-9)5-17-19-6-10(18)16-7-11(13,14)15/h1-5H,6-7H2,(H,16,18)/b17-5-. The van der Waals surface area contributed by atoms with Crippen molar-refractivity contribution >= 4 is 28.1 Å². The number of hydrogen-bond donors (Lipinski definition) is 1. The SMILES string of the molecule is O=C(CO/N=C\c1ccc(Br)cc1)NCC(F)(F)F. The largest absolute Gasteiger partial charge is 0.405 e. The van der Waals surface area contributed by atoms with Crippen molar-refractivity contribution in [1.29, 1.82) is 0 Å². The molecule has 0 spiro atoms. The molecule has 0 saturated heterocycles. The summed E-state index contributed by atoms with van der Waals surface area (Å²) in [6.07, 6.45) is -3.08. The first kappa shape index (κ1) is 15.5. The summed E-state index contributed by atoms with van der Waals surface area (Å²) in [5.41, 5.74) is 0.735. The van der Waals surface area contributed by atoms with Crippen LogP contribution in [0.4, 0.5) is 13.2 Å². The molecule has 0 aliphatic rings. The normalized spacial score (nSPS) is 11.6. The number of amides is 1. The number of carbonyl (C=O) groups excluding carboxylic acids is 1. The van der Waals surface area contributed by atoms with Crippen molar-refractivity contribution in [2.75, 3.05) is 13.2 Å². The van der Waals surface area contributed by atoms with Gasteiger partial charge in [0.1, 0.15) is 6.54 Å². The second-order valence-corrected chi connectivity index (χ2v) is 4.37. The van der Waals surface area contributed by atoms with Crippen LogP contribution in [0.2, 0.25) is 0 Å². The van der Waals surface area contributed by atoms with E-state index in [4.69, 9.17) is 0 Å². The van der Waals surface area contributed by atoms with E-state index in [1.54, 1.807) is 29.6 Å². The van der Waals surface area contributed by atoms with E-state index in [1.165, 1.54) is 6.21 Å². The molecule has 0 fully saturated rings. The Hall–Kier alpha value is -1.57.